The van der Waals surface area contributed by atoms with Crippen molar-refractivity contribution in [3.05, 3.63) is 64.7 Å². The lowest BCUT2D eigenvalue weighted by Gasteiger charge is -2.10. The summed E-state index contributed by atoms with van der Waals surface area (Å²) < 4.78 is 4.88. The average Bonchev–Trinajstić information content (AvgIpc) is 2.62. The van der Waals surface area contributed by atoms with Gasteiger partial charge in [-0.3, -0.25) is 14.9 Å². The summed E-state index contributed by atoms with van der Waals surface area (Å²) in [7, 11) is 1.57. The van der Waals surface area contributed by atoms with Crippen LogP contribution in [0.3, 0.4) is 0 Å². The van der Waals surface area contributed by atoms with Crippen LogP contribution in [0.15, 0.2) is 48.5 Å². The van der Waals surface area contributed by atoms with Crippen LogP contribution in [-0.4, -0.2) is 37.2 Å². The lowest BCUT2D eigenvalue weighted by Crippen LogP contribution is -2.34. The van der Waals surface area contributed by atoms with E-state index in [-0.39, 0.29) is 16.9 Å². The van der Waals surface area contributed by atoms with Gasteiger partial charge in [0.05, 0.1) is 6.61 Å². The van der Waals surface area contributed by atoms with Crippen molar-refractivity contribution >= 4 is 46.4 Å². The van der Waals surface area contributed by atoms with Crippen molar-refractivity contribution in [3.8, 4) is 0 Å². The van der Waals surface area contributed by atoms with Gasteiger partial charge in [0.2, 0.25) is 0 Å². The highest BCUT2D eigenvalue weighted by atomic mass is 35.5. The van der Waals surface area contributed by atoms with Crippen LogP contribution >= 0.6 is 23.8 Å². The van der Waals surface area contributed by atoms with Crippen LogP contribution in [0.25, 0.3) is 0 Å². The Morgan fingerprint density at radius 1 is 1.00 bits per heavy atom. The van der Waals surface area contributed by atoms with Gasteiger partial charge in [0.1, 0.15) is 0 Å². The Balaban J connectivity index is 1.87. The van der Waals surface area contributed by atoms with Crippen LogP contribution in [0, 0.1) is 0 Å². The summed E-state index contributed by atoms with van der Waals surface area (Å²) in [5.74, 6) is -0.527. The van der Waals surface area contributed by atoms with Gasteiger partial charge in [-0.2, -0.15) is 0 Å². The van der Waals surface area contributed by atoms with Gasteiger partial charge in [0.25, 0.3) is 11.8 Å². The van der Waals surface area contributed by atoms with Gasteiger partial charge < -0.3 is 15.4 Å². The summed E-state index contributed by atoms with van der Waals surface area (Å²) in [6.45, 7) is 0.892. The monoisotopic (exact) mass is 391 g/mol. The first kappa shape index (κ1) is 19.8. The first-order valence-corrected chi connectivity index (χ1v) is 8.53. The molecule has 0 bridgehead atoms. The molecule has 0 aliphatic rings. The van der Waals surface area contributed by atoms with Crippen LogP contribution in [0.1, 0.15) is 20.7 Å². The molecule has 136 valence electrons. The van der Waals surface area contributed by atoms with Gasteiger partial charge in [-0.05, 0) is 60.7 Å². The number of carbonyl (C=O) groups is 2. The van der Waals surface area contributed by atoms with Gasteiger partial charge in [-0.25, -0.2) is 0 Å². The lowest BCUT2D eigenvalue weighted by molar-refractivity contribution is 0.0935. The molecular formula is C18H18ClN3O3S. The third-order valence-electron chi connectivity index (χ3n) is 3.33. The molecule has 0 heterocycles. The summed E-state index contributed by atoms with van der Waals surface area (Å²) >= 11 is 10.9. The molecule has 0 aliphatic heterocycles. The Bertz CT molecular complexity index is 779. The maximum atomic E-state index is 12.1. The zero-order valence-electron chi connectivity index (χ0n) is 14.0. The molecule has 3 N–H and O–H groups in total. The highest BCUT2D eigenvalue weighted by Crippen LogP contribution is 2.11. The second kappa shape index (κ2) is 9.86. The molecule has 0 atom stereocenters. The molecule has 2 amide bonds. The van der Waals surface area contributed by atoms with Crippen LogP contribution < -0.4 is 16.0 Å². The first-order valence-electron chi connectivity index (χ1n) is 7.74. The lowest BCUT2D eigenvalue weighted by atomic mass is 10.2. The molecule has 0 aromatic heterocycles. The number of rotatable bonds is 6. The quantitative estimate of drug-likeness (QED) is 0.521. The van der Waals surface area contributed by atoms with E-state index in [1.807, 2.05) is 0 Å². The fourth-order valence-corrected chi connectivity index (χ4v) is 2.35. The van der Waals surface area contributed by atoms with Crippen molar-refractivity contribution < 1.29 is 14.3 Å². The predicted molar refractivity (Wildman–Crippen MR) is 106 cm³/mol. The average molecular weight is 392 g/mol. The third kappa shape index (κ3) is 6.11. The summed E-state index contributed by atoms with van der Waals surface area (Å²) in [5.41, 5.74) is 1.62. The molecule has 0 aliphatic carbocycles. The molecule has 0 saturated carbocycles. The Kier molecular flexibility index (Phi) is 7.53. The fraction of sp³-hybridized carbons (Fsp3) is 0.167. The number of amides is 2. The van der Waals surface area contributed by atoms with Gasteiger partial charge in [0, 0.05) is 35.5 Å². The molecule has 0 saturated heterocycles. The summed E-state index contributed by atoms with van der Waals surface area (Å²) in [6, 6.07) is 13.2. The number of carbonyl (C=O) groups excluding carboxylic acids is 2. The topological polar surface area (TPSA) is 79.5 Å². The molecule has 26 heavy (non-hydrogen) atoms. The van der Waals surface area contributed by atoms with Crippen molar-refractivity contribution in [3.63, 3.8) is 0 Å². The van der Waals surface area contributed by atoms with E-state index in [1.54, 1.807) is 55.6 Å². The zero-order valence-corrected chi connectivity index (χ0v) is 15.6. The van der Waals surface area contributed by atoms with E-state index in [0.717, 1.165) is 0 Å². The highest BCUT2D eigenvalue weighted by molar-refractivity contribution is 7.80. The Labute approximate surface area is 161 Å². The van der Waals surface area contributed by atoms with Crippen LogP contribution in [0.4, 0.5) is 5.69 Å². The summed E-state index contributed by atoms with van der Waals surface area (Å²) in [5, 5.41) is 8.91. The van der Waals surface area contributed by atoms with E-state index in [9.17, 15) is 9.59 Å². The van der Waals surface area contributed by atoms with Gasteiger partial charge in [0.15, 0.2) is 5.11 Å². The number of hydrogen-bond donors (Lipinski definition) is 3. The van der Waals surface area contributed by atoms with E-state index in [0.29, 0.717) is 35.0 Å². The van der Waals surface area contributed by atoms with Gasteiger partial charge in [-0.15, -0.1) is 0 Å². The van der Waals surface area contributed by atoms with Crippen molar-refractivity contribution in [2.45, 2.75) is 0 Å². The van der Waals surface area contributed by atoms with Gasteiger partial charge >= 0.3 is 0 Å². The number of thiocarbonyl (C=S) groups is 1. The number of hydrogen-bond acceptors (Lipinski definition) is 4. The molecular weight excluding hydrogens is 374 g/mol. The number of benzene rings is 2. The zero-order chi connectivity index (χ0) is 18.9. The molecule has 0 radical (unpaired) electrons. The molecule has 2 rings (SSSR count). The standard InChI is InChI=1S/C18H18ClN3O3S/c1-25-11-10-20-16(23)12-4-8-15(9-5-12)21-18(26)22-17(24)13-2-6-14(19)7-3-13/h2-9H,10-11H2,1H3,(H,20,23)(H2,21,22,24,26). The number of nitrogens with one attached hydrogen (secondary N) is 3. The minimum absolute atomic E-state index is 0.155. The minimum atomic E-state index is -0.340. The van der Waals surface area contributed by atoms with Crippen LogP contribution in [0.2, 0.25) is 5.02 Å². The maximum Gasteiger partial charge on any atom is 0.257 e. The second-order valence-corrected chi connectivity index (χ2v) is 6.09. The number of halogens is 1. The van der Waals surface area contributed by atoms with Crippen molar-refractivity contribution in [2.75, 3.05) is 25.6 Å². The van der Waals surface area contributed by atoms with E-state index in [2.05, 4.69) is 16.0 Å². The molecule has 2 aromatic carbocycles. The normalized spacial score (nSPS) is 10.1. The van der Waals surface area contributed by atoms with Crippen molar-refractivity contribution in [2.24, 2.45) is 0 Å². The highest BCUT2D eigenvalue weighted by Gasteiger charge is 2.09. The molecule has 0 unspecified atom stereocenters. The minimum Gasteiger partial charge on any atom is -0.383 e. The fourth-order valence-electron chi connectivity index (χ4n) is 2.01. The van der Waals surface area contributed by atoms with E-state index >= 15 is 0 Å². The Morgan fingerprint density at radius 3 is 2.19 bits per heavy atom. The van der Waals surface area contributed by atoms with E-state index in [4.69, 9.17) is 28.6 Å². The smallest absolute Gasteiger partial charge is 0.257 e. The maximum absolute atomic E-state index is 12.1. The van der Waals surface area contributed by atoms with Crippen molar-refractivity contribution in [1.29, 1.82) is 0 Å². The summed E-state index contributed by atoms with van der Waals surface area (Å²) in [4.78, 5) is 24.0. The molecule has 2 aromatic rings. The first-order chi connectivity index (χ1) is 12.5. The number of methoxy groups -OCH3 is 1. The van der Waals surface area contributed by atoms with E-state index in [1.165, 1.54) is 0 Å². The van der Waals surface area contributed by atoms with Crippen molar-refractivity contribution in [1.82, 2.24) is 10.6 Å². The third-order valence-corrected chi connectivity index (χ3v) is 3.79. The predicted octanol–water partition coefficient (Wildman–Crippen LogP) is 2.84. The second-order valence-electron chi connectivity index (χ2n) is 5.24. The molecule has 0 fully saturated rings. The van der Waals surface area contributed by atoms with Gasteiger partial charge in [-0.1, -0.05) is 11.6 Å². The molecule has 0 spiro atoms. The molecule has 8 heteroatoms. The van der Waals surface area contributed by atoms with E-state index < -0.39 is 0 Å². The SMILES string of the molecule is COCCNC(=O)c1ccc(NC(=S)NC(=O)c2ccc(Cl)cc2)cc1. The molecule has 6 nitrogen and oxygen atoms in total. The number of ether oxygens (including phenoxy) is 1. The number of anilines is 1. The van der Waals surface area contributed by atoms with Crippen LogP contribution in [0.5, 0.6) is 0 Å². The Hall–Kier alpha value is -2.48. The summed E-state index contributed by atoms with van der Waals surface area (Å²) in [6.07, 6.45) is 0. The largest absolute Gasteiger partial charge is 0.383 e. The van der Waals surface area contributed by atoms with Crippen LogP contribution in [-0.2, 0) is 4.74 Å². The Morgan fingerprint density at radius 2 is 1.58 bits per heavy atom.